The molecule has 0 aromatic rings. The third-order valence-electron chi connectivity index (χ3n) is 3.40. The first-order chi connectivity index (χ1) is 8.99. The summed E-state index contributed by atoms with van der Waals surface area (Å²) in [7, 11) is 1.58. The molecular weight excluding hydrogens is 248 g/mol. The van der Waals surface area contributed by atoms with Crippen LogP contribution in [-0.2, 0) is 9.53 Å². The lowest BCUT2D eigenvalue weighted by molar-refractivity contribution is -0.139. The van der Waals surface area contributed by atoms with E-state index in [0.717, 1.165) is 12.8 Å². The molecule has 0 radical (unpaired) electrons. The fourth-order valence-corrected chi connectivity index (χ4v) is 2.13. The molecule has 2 N–H and O–H groups in total. The van der Waals surface area contributed by atoms with E-state index < -0.39 is 12.0 Å². The quantitative estimate of drug-likeness (QED) is 0.698. The molecule has 19 heavy (non-hydrogen) atoms. The van der Waals surface area contributed by atoms with Gasteiger partial charge in [0.2, 0.25) is 0 Å². The summed E-state index contributed by atoms with van der Waals surface area (Å²) in [4.78, 5) is 24.8. The number of rotatable bonds is 8. The Bertz CT molecular complexity index is 318. The molecule has 6 heteroatoms. The minimum absolute atomic E-state index is 0.0784. The maximum absolute atomic E-state index is 12.1. The molecule has 0 aliphatic heterocycles. The molecule has 0 spiro atoms. The number of likely N-dealkylation sites (N-methyl/N-ethyl adjacent to an activating group) is 1. The van der Waals surface area contributed by atoms with Gasteiger partial charge < -0.3 is 20.1 Å². The van der Waals surface area contributed by atoms with Crippen molar-refractivity contribution in [2.24, 2.45) is 5.92 Å². The van der Waals surface area contributed by atoms with Gasteiger partial charge in [0, 0.05) is 13.7 Å². The zero-order chi connectivity index (χ0) is 14.4. The number of urea groups is 1. The van der Waals surface area contributed by atoms with Gasteiger partial charge in [-0.15, -0.1) is 0 Å². The normalized spacial score (nSPS) is 17.6. The highest BCUT2D eigenvalue weighted by molar-refractivity contribution is 5.82. The first kappa shape index (κ1) is 15.8. The van der Waals surface area contributed by atoms with Crippen LogP contribution in [0, 0.1) is 5.92 Å². The van der Waals surface area contributed by atoms with Crippen LogP contribution in [0.15, 0.2) is 0 Å². The Balaban J connectivity index is 2.54. The third kappa shape index (κ3) is 5.06. The van der Waals surface area contributed by atoms with Crippen molar-refractivity contribution in [2.75, 3.05) is 20.3 Å². The van der Waals surface area contributed by atoms with Gasteiger partial charge in [-0.05, 0) is 26.2 Å². The van der Waals surface area contributed by atoms with Gasteiger partial charge in [-0.1, -0.05) is 12.8 Å². The molecular formula is C13H24N2O4. The number of carbonyl (C=O) groups excluding carboxylic acids is 1. The van der Waals surface area contributed by atoms with Crippen LogP contribution in [0.2, 0.25) is 0 Å². The molecule has 0 bridgehead atoms. The lowest BCUT2D eigenvalue weighted by Crippen LogP contribution is -2.51. The Morgan fingerprint density at radius 1 is 1.47 bits per heavy atom. The van der Waals surface area contributed by atoms with Crippen molar-refractivity contribution < 1.29 is 19.4 Å². The van der Waals surface area contributed by atoms with E-state index in [-0.39, 0.29) is 12.1 Å². The number of aliphatic carboxylic acids is 1. The number of nitrogens with one attached hydrogen (secondary N) is 1. The standard InChI is InChI=1S/C13H24N2O4/c1-4-15(9(2)8-19-3)13(18)14-11(12(16)17)7-10-5-6-10/h9-11H,4-8H2,1-3H3,(H,14,18)(H,16,17). The molecule has 1 fully saturated rings. The molecule has 2 amide bonds. The Kier molecular flexibility index (Phi) is 6.08. The van der Waals surface area contributed by atoms with Gasteiger partial charge in [0.1, 0.15) is 6.04 Å². The van der Waals surface area contributed by atoms with E-state index >= 15 is 0 Å². The van der Waals surface area contributed by atoms with Gasteiger partial charge in [-0.25, -0.2) is 9.59 Å². The second-order valence-electron chi connectivity index (χ2n) is 5.11. The van der Waals surface area contributed by atoms with Crippen molar-refractivity contribution in [3.05, 3.63) is 0 Å². The van der Waals surface area contributed by atoms with Gasteiger partial charge in [0.15, 0.2) is 0 Å². The summed E-state index contributed by atoms with van der Waals surface area (Å²) in [6, 6.07) is -1.20. The van der Waals surface area contributed by atoms with Gasteiger partial charge in [-0.2, -0.15) is 0 Å². The molecule has 1 rings (SSSR count). The van der Waals surface area contributed by atoms with Crippen molar-refractivity contribution in [1.29, 1.82) is 0 Å². The van der Waals surface area contributed by atoms with E-state index in [0.29, 0.717) is 25.5 Å². The van der Waals surface area contributed by atoms with E-state index in [1.165, 1.54) is 0 Å². The average molecular weight is 272 g/mol. The van der Waals surface area contributed by atoms with Crippen LogP contribution in [0.25, 0.3) is 0 Å². The largest absolute Gasteiger partial charge is 0.480 e. The summed E-state index contributed by atoms with van der Waals surface area (Å²) in [5, 5.41) is 11.7. The Labute approximate surface area is 114 Å². The first-order valence-electron chi connectivity index (χ1n) is 6.78. The van der Waals surface area contributed by atoms with E-state index in [2.05, 4.69) is 5.32 Å². The third-order valence-corrected chi connectivity index (χ3v) is 3.40. The van der Waals surface area contributed by atoms with Crippen molar-refractivity contribution in [2.45, 2.75) is 45.2 Å². The van der Waals surface area contributed by atoms with Crippen molar-refractivity contribution in [3.63, 3.8) is 0 Å². The summed E-state index contributed by atoms with van der Waals surface area (Å²) in [6.45, 7) is 4.69. The van der Waals surface area contributed by atoms with Crippen molar-refractivity contribution in [3.8, 4) is 0 Å². The molecule has 2 atom stereocenters. The lowest BCUT2D eigenvalue weighted by atomic mass is 10.1. The minimum Gasteiger partial charge on any atom is -0.480 e. The highest BCUT2D eigenvalue weighted by atomic mass is 16.5. The molecule has 2 unspecified atom stereocenters. The van der Waals surface area contributed by atoms with Crippen LogP contribution in [0.1, 0.15) is 33.1 Å². The van der Waals surface area contributed by atoms with Crippen LogP contribution in [0.4, 0.5) is 4.79 Å². The van der Waals surface area contributed by atoms with Crippen LogP contribution in [-0.4, -0.2) is 54.4 Å². The van der Waals surface area contributed by atoms with Crippen LogP contribution in [0.3, 0.4) is 0 Å². The summed E-state index contributed by atoms with van der Waals surface area (Å²) < 4.78 is 5.03. The molecule has 6 nitrogen and oxygen atoms in total. The second kappa shape index (κ2) is 7.33. The molecule has 0 saturated heterocycles. The first-order valence-corrected chi connectivity index (χ1v) is 6.78. The molecule has 1 aliphatic rings. The van der Waals surface area contributed by atoms with Gasteiger partial charge in [0.05, 0.1) is 12.6 Å². The number of carbonyl (C=O) groups is 2. The second-order valence-corrected chi connectivity index (χ2v) is 5.11. The van der Waals surface area contributed by atoms with E-state index in [1.807, 2.05) is 13.8 Å². The monoisotopic (exact) mass is 272 g/mol. The van der Waals surface area contributed by atoms with Gasteiger partial charge in [0.25, 0.3) is 0 Å². The Morgan fingerprint density at radius 2 is 2.11 bits per heavy atom. The van der Waals surface area contributed by atoms with E-state index in [9.17, 15) is 9.59 Å². The summed E-state index contributed by atoms with van der Waals surface area (Å²) >= 11 is 0. The fraction of sp³-hybridized carbons (Fsp3) is 0.846. The van der Waals surface area contributed by atoms with Gasteiger partial charge >= 0.3 is 12.0 Å². The van der Waals surface area contributed by atoms with E-state index in [4.69, 9.17) is 9.84 Å². The lowest BCUT2D eigenvalue weighted by Gasteiger charge is -2.29. The number of ether oxygens (including phenoxy) is 1. The zero-order valence-electron chi connectivity index (χ0n) is 11.9. The van der Waals surface area contributed by atoms with Crippen LogP contribution < -0.4 is 5.32 Å². The predicted octanol–water partition coefficient (Wildman–Crippen LogP) is 1.31. The molecule has 1 saturated carbocycles. The number of hydrogen-bond acceptors (Lipinski definition) is 3. The minimum atomic E-state index is -0.962. The maximum Gasteiger partial charge on any atom is 0.326 e. The van der Waals surface area contributed by atoms with Crippen LogP contribution in [0.5, 0.6) is 0 Å². The highest BCUT2D eigenvalue weighted by Gasteiger charge is 2.31. The smallest absolute Gasteiger partial charge is 0.326 e. The molecule has 0 aromatic heterocycles. The summed E-state index contributed by atoms with van der Waals surface area (Å²) in [5.74, 6) is -0.511. The Morgan fingerprint density at radius 3 is 2.53 bits per heavy atom. The fourth-order valence-electron chi connectivity index (χ4n) is 2.13. The maximum atomic E-state index is 12.1. The molecule has 110 valence electrons. The molecule has 0 heterocycles. The van der Waals surface area contributed by atoms with Gasteiger partial charge in [-0.3, -0.25) is 0 Å². The SMILES string of the molecule is CCN(C(=O)NC(CC1CC1)C(=O)O)C(C)COC. The summed E-state index contributed by atoms with van der Waals surface area (Å²) in [6.07, 6.45) is 2.66. The highest BCUT2D eigenvalue weighted by Crippen LogP contribution is 2.33. The zero-order valence-corrected chi connectivity index (χ0v) is 11.9. The van der Waals surface area contributed by atoms with Crippen molar-refractivity contribution >= 4 is 12.0 Å². The number of nitrogens with zero attached hydrogens (tertiary/aromatic N) is 1. The number of hydrogen-bond donors (Lipinski definition) is 2. The molecule has 1 aliphatic carbocycles. The summed E-state index contributed by atoms with van der Waals surface area (Å²) in [5.41, 5.74) is 0. The average Bonchev–Trinajstić information content (AvgIpc) is 3.13. The number of methoxy groups -OCH3 is 1. The number of amides is 2. The Hall–Kier alpha value is -1.30. The number of carboxylic acids is 1. The predicted molar refractivity (Wildman–Crippen MR) is 71.0 cm³/mol. The topological polar surface area (TPSA) is 78.9 Å². The molecule has 0 aromatic carbocycles. The van der Waals surface area contributed by atoms with Crippen molar-refractivity contribution in [1.82, 2.24) is 10.2 Å². The van der Waals surface area contributed by atoms with E-state index in [1.54, 1.807) is 12.0 Å². The number of carboxylic acid groups (broad SMARTS) is 1. The van der Waals surface area contributed by atoms with Crippen LogP contribution >= 0.6 is 0 Å².